The summed E-state index contributed by atoms with van der Waals surface area (Å²) in [5.41, 5.74) is 1.20. The lowest BCUT2D eigenvalue weighted by molar-refractivity contribution is 0.254. The van der Waals surface area contributed by atoms with Gasteiger partial charge in [-0.3, -0.25) is 0 Å². The number of rotatable bonds is 5. The fourth-order valence-corrected chi connectivity index (χ4v) is 2.74. The van der Waals surface area contributed by atoms with Crippen LogP contribution in [0.2, 0.25) is 0 Å². The lowest BCUT2D eigenvalue weighted by Gasteiger charge is -2.24. The SMILES string of the molecule is CN(CCNc1ccc(Br)cc1)C1CCCC1. The average molecular weight is 297 g/mol. The molecule has 1 N–H and O–H groups in total. The third-order valence-corrected chi connectivity index (χ3v) is 4.11. The van der Waals surface area contributed by atoms with E-state index in [-0.39, 0.29) is 0 Å². The third kappa shape index (κ3) is 4.00. The highest BCUT2D eigenvalue weighted by molar-refractivity contribution is 9.10. The van der Waals surface area contributed by atoms with Gasteiger partial charge in [0.1, 0.15) is 0 Å². The monoisotopic (exact) mass is 296 g/mol. The van der Waals surface area contributed by atoms with E-state index in [9.17, 15) is 0 Å². The quantitative estimate of drug-likeness (QED) is 0.890. The van der Waals surface area contributed by atoms with Gasteiger partial charge in [0.25, 0.3) is 0 Å². The Morgan fingerprint density at radius 2 is 1.88 bits per heavy atom. The first-order valence-electron chi connectivity index (χ1n) is 6.45. The van der Waals surface area contributed by atoms with E-state index in [4.69, 9.17) is 0 Å². The summed E-state index contributed by atoms with van der Waals surface area (Å²) in [7, 11) is 2.25. The van der Waals surface area contributed by atoms with Crippen molar-refractivity contribution in [1.29, 1.82) is 0 Å². The van der Waals surface area contributed by atoms with Crippen molar-refractivity contribution in [3.05, 3.63) is 28.7 Å². The molecule has 0 saturated heterocycles. The molecule has 1 fully saturated rings. The van der Waals surface area contributed by atoms with Crippen molar-refractivity contribution in [1.82, 2.24) is 4.90 Å². The second kappa shape index (κ2) is 6.41. The lowest BCUT2D eigenvalue weighted by Crippen LogP contribution is -2.33. The Hall–Kier alpha value is -0.540. The van der Waals surface area contributed by atoms with E-state index in [2.05, 4.69) is 57.5 Å². The number of halogens is 1. The van der Waals surface area contributed by atoms with Gasteiger partial charge in [-0.05, 0) is 44.2 Å². The van der Waals surface area contributed by atoms with Gasteiger partial charge in [-0.2, -0.15) is 0 Å². The predicted octanol–water partition coefficient (Wildman–Crippen LogP) is 3.74. The van der Waals surface area contributed by atoms with Gasteiger partial charge in [0.15, 0.2) is 0 Å². The van der Waals surface area contributed by atoms with E-state index in [0.717, 1.165) is 23.6 Å². The Morgan fingerprint density at radius 1 is 1.24 bits per heavy atom. The molecule has 94 valence electrons. The molecule has 3 heteroatoms. The van der Waals surface area contributed by atoms with Gasteiger partial charge in [0.2, 0.25) is 0 Å². The van der Waals surface area contributed by atoms with Crippen molar-refractivity contribution in [2.45, 2.75) is 31.7 Å². The normalized spacial score (nSPS) is 16.6. The number of nitrogens with one attached hydrogen (secondary N) is 1. The molecule has 0 aromatic heterocycles. The van der Waals surface area contributed by atoms with Crippen LogP contribution in [-0.2, 0) is 0 Å². The maximum atomic E-state index is 3.46. The molecular formula is C14H21BrN2. The van der Waals surface area contributed by atoms with E-state index in [1.54, 1.807) is 0 Å². The summed E-state index contributed by atoms with van der Waals surface area (Å²) in [5, 5.41) is 3.46. The number of nitrogens with zero attached hydrogens (tertiary/aromatic N) is 1. The van der Waals surface area contributed by atoms with E-state index in [1.165, 1.54) is 31.4 Å². The van der Waals surface area contributed by atoms with E-state index >= 15 is 0 Å². The van der Waals surface area contributed by atoms with Crippen LogP contribution in [-0.4, -0.2) is 31.1 Å². The van der Waals surface area contributed by atoms with E-state index in [0.29, 0.717) is 0 Å². The Bertz CT molecular complexity index is 331. The molecular weight excluding hydrogens is 276 g/mol. The zero-order valence-corrected chi connectivity index (χ0v) is 12.0. The molecule has 1 aromatic carbocycles. The average Bonchev–Trinajstić information content (AvgIpc) is 2.85. The van der Waals surface area contributed by atoms with E-state index < -0.39 is 0 Å². The van der Waals surface area contributed by atoms with Gasteiger partial charge in [-0.15, -0.1) is 0 Å². The van der Waals surface area contributed by atoms with Crippen LogP contribution in [0.1, 0.15) is 25.7 Å². The predicted molar refractivity (Wildman–Crippen MR) is 77.5 cm³/mol. The zero-order valence-electron chi connectivity index (χ0n) is 10.5. The highest BCUT2D eigenvalue weighted by Crippen LogP contribution is 2.22. The molecule has 0 unspecified atom stereocenters. The van der Waals surface area contributed by atoms with Crippen molar-refractivity contribution in [3.8, 4) is 0 Å². The van der Waals surface area contributed by atoms with Crippen molar-refractivity contribution in [2.24, 2.45) is 0 Å². The maximum absolute atomic E-state index is 3.46. The minimum Gasteiger partial charge on any atom is -0.384 e. The first-order valence-corrected chi connectivity index (χ1v) is 7.25. The van der Waals surface area contributed by atoms with Crippen LogP contribution in [0, 0.1) is 0 Å². The minimum atomic E-state index is 0.821. The summed E-state index contributed by atoms with van der Waals surface area (Å²) >= 11 is 3.45. The molecule has 0 bridgehead atoms. The Balaban J connectivity index is 1.70. The molecule has 0 aliphatic heterocycles. The molecule has 2 nitrogen and oxygen atoms in total. The van der Waals surface area contributed by atoms with Gasteiger partial charge in [0, 0.05) is 29.3 Å². The van der Waals surface area contributed by atoms with Crippen molar-refractivity contribution in [2.75, 3.05) is 25.5 Å². The summed E-state index contributed by atoms with van der Waals surface area (Å²) in [5.74, 6) is 0. The van der Waals surface area contributed by atoms with Crippen LogP contribution in [0.15, 0.2) is 28.7 Å². The zero-order chi connectivity index (χ0) is 12.1. The van der Waals surface area contributed by atoms with Crippen LogP contribution in [0.3, 0.4) is 0 Å². The lowest BCUT2D eigenvalue weighted by atomic mass is 10.2. The standard InChI is InChI=1S/C14H21BrN2/c1-17(14-4-2-3-5-14)11-10-16-13-8-6-12(15)7-9-13/h6-9,14,16H,2-5,10-11H2,1H3. The maximum Gasteiger partial charge on any atom is 0.0341 e. The molecule has 1 saturated carbocycles. The molecule has 0 heterocycles. The van der Waals surface area contributed by atoms with Crippen molar-refractivity contribution in [3.63, 3.8) is 0 Å². The molecule has 1 aliphatic carbocycles. The van der Waals surface area contributed by atoms with Crippen LogP contribution >= 0.6 is 15.9 Å². The number of anilines is 1. The van der Waals surface area contributed by atoms with E-state index in [1.807, 2.05) is 0 Å². The van der Waals surface area contributed by atoms with Crippen LogP contribution in [0.25, 0.3) is 0 Å². The molecule has 0 spiro atoms. The highest BCUT2D eigenvalue weighted by Gasteiger charge is 2.18. The van der Waals surface area contributed by atoms with Crippen LogP contribution in [0.5, 0.6) is 0 Å². The minimum absolute atomic E-state index is 0.821. The first-order chi connectivity index (χ1) is 8.25. The molecule has 1 aromatic rings. The second-order valence-corrected chi connectivity index (χ2v) is 5.77. The largest absolute Gasteiger partial charge is 0.384 e. The first kappa shape index (κ1) is 12.9. The van der Waals surface area contributed by atoms with Crippen molar-refractivity contribution >= 4 is 21.6 Å². The number of benzene rings is 1. The van der Waals surface area contributed by atoms with Gasteiger partial charge in [-0.25, -0.2) is 0 Å². The van der Waals surface area contributed by atoms with Crippen LogP contribution < -0.4 is 5.32 Å². The third-order valence-electron chi connectivity index (χ3n) is 3.59. The Labute approximate surface area is 113 Å². The number of hydrogen-bond donors (Lipinski definition) is 1. The molecule has 2 rings (SSSR count). The highest BCUT2D eigenvalue weighted by atomic mass is 79.9. The molecule has 17 heavy (non-hydrogen) atoms. The van der Waals surface area contributed by atoms with Crippen molar-refractivity contribution < 1.29 is 0 Å². The fourth-order valence-electron chi connectivity index (χ4n) is 2.47. The van der Waals surface area contributed by atoms with Gasteiger partial charge in [0.05, 0.1) is 0 Å². The summed E-state index contributed by atoms with van der Waals surface area (Å²) in [6, 6.07) is 9.19. The smallest absolute Gasteiger partial charge is 0.0341 e. The second-order valence-electron chi connectivity index (χ2n) is 4.85. The summed E-state index contributed by atoms with van der Waals surface area (Å²) in [6.45, 7) is 2.15. The fraction of sp³-hybridized carbons (Fsp3) is 0.571. The number of likely N-dealkylation sites (N-methyl/N-ethyl adjacent to an activating group) is 1. The molecule has 0 amide bonds. The topological polar surface area (TPSA) is 15.3 Å². The van der Waals surface area contributed by atoms with Gasteiger partial charge in [-0.1, -0.05) is 28.8 Å². The summed E-state index contributed by atoms with van der Waals surface area (Å²) in [6.07, 6.45) is 5.59. The molecule has 0 atom stereocenters. The number of hydrogen-bond acceptors (Lipinski definition) is 2. The molecule has 1 aliphatic rings. The summed E-state index contributed by atoms with van der Waals surface area (Å²) < 4.78 is 1.13. The van der Waals surface area contributed by atoms with Gasteiger partial charge >= 0.3 is 0 Å². The summed E-state index contributed by atoms with van der Waals surface area (Å²) in [4.78, 5) is 2.50. The van der Waals surface area contributed by atoms with Crippen LogP contribution in [0.4, 0.5) is 5.69 Å². The Morgan fingerprint density at radius 3 is 2.53 bits per heavy atom. The Kier molecular flexibility index (Phi) is 4.86. The molecule has 0 radical (unpaired) electrons. The van der Waals surface area contributed by atoms with Gasteiger partial charge < -0.3 is 10.2 Å².